The fraction of sp³-hybridized carbons (Fsp3) is 0.957. The van der Waals surface area contributed by atoms with Crippen LogP contribution in [0.3, 0.4) is 0 Å². The molecule has 0 spiro atoms. The topological polar surface area (TPSA) is 35.5 Å². The first kappa shape index (κ1) is 21.6. The van der Waals surface area contributed by atoms with E-state index in [0.29, 0.717) is 0 Å². The number of rotatable bonds is 9. The molecule has 0 aromatic rings. The molecule has 0 saturated heterocycles. The number of hydrogen-bond donors (Lipinski definition) is 0. The van der Waals surface area contributed by atoms with Crippen LogP contribution in [0.15, 0.2) is 0 Å². The van der Waals surface area contributed by atoms with Gasteiger partial charge in [0.25, 0.3) is 0 Å². The summed E-state index contributed by atoms with van der Waals surface area (Å²) in [6.45, 7) is 6.53. The predicted molar refractivity (Wildman–Crippen MR) is 107 cm³/mol. The second-order valence-corrected chi connectivity index (χ2v) is 8.87. The molecule has 2 aliphatic rings. The van der Waals surface area contributed by atoms with Crippen LogP contribution < -0.4 is 0 Å². The maximum Gasteiger partial charge on any atom is 0.508 e. The number of carbonyl (C=O) groups excluding carboxylic acids is 1. The highest BCUT2D eigenvalue weighted by Gasteiger charge is 2.31. The van der Waals surface area contributed by atoms with Crippen molar-refractivity contribution < 1.29 is 14.3 Å². The second kappa shape index (κ2) is 11.9. The van der Waals surface area contributed by atoms with Crippen LogP contribution >= 0.6 is 0 Å². The van der Waals surface area contributed by atoms with Crippen molar-refractivity contribution in [3.63, 3.8) is 0 Å². The summed E-state index contributed by atoms with van der Waals surface area (Å²) in [6, 6.07) is 0. The molecule has 0 bridgehead atoms. The van der Waals surface area contributed by atoms with Gasteiger partial charge in [0, 0.05) is 0 Å². The Bertz CT molecular complexity index is 379. The Morgan fingerprint density at radius 1 is 0.885 bits per heavy atom. The van der Waals surface area contributed by atoms with Gasteiger partial charge in [-0.05, 0) is 76.0 Å². The molecule has 152 valence electrons. The zero-order valence-corrected chi connectivity index (χ0v) is 17.5. The van der Waals surface area contributed by atoms with Crippen LogP contribution in [0.2, 0.25) is 0 Å². The van der Waals surface area contributed by atoms with Crippen molar-refractivity contribution >= 4 is 6.16 Å². The van der Waals surface area contributed by atoms with E-state index < -0.39 is 6.16 Å². The van der Waals surface area contributed by atoms with Crippen LogP contribution in [-0.4, -0.2) is 18.4 Å². The van der Waals surface area contributed by atoms with Gasteiger partial charge in [-0.3, -0.25) is 0 Å². The van der Waals surface area contributed by atoms with Crippen LogP contribution in [0.1, 0.15) is 111 Å². The normalized spacial score (nSPS) is 30.6. The summed E-state index contributed by atoms with van der Waals surface area (Å²) < 4.78 is 11.0. The van der Waals surface area contributed by atoms with Crippen molar-refractivity contribution in [1.82, 2.24) is 0 Å². The highest BCUT2D eigenvalue weighted by atomic mass is 16.7. The molecule has 0 unspecified atom stereocenters. The van der Waals surface area contributed by atoms with E-state index in [0.717, 1.165) is 43.4 Å². The summed E-state index contributed by atoms with van der Waals surface area (Å²) in [4.78, 5) is 12.0. The summed E-state index contributed by atoms with van der Waals surface area (Å²) in [5.74, 6) is 2.76. The van der Waals surface area contributed by atoms with E-state index >= 15 is 0 Å². The molecule has 3 heteroatoms. The van der Waals surface area contributed by atoms with Crippen molar-refractivity contribution in [3.05, 3.63) is 0 Å². The second-order valence-electron chi connectivity index (χ2n) is 8.87. The van der Waals surface area contributed by atoms with E-state index in [1.807, 2.05) is 6.92 Å². The minimum absolute atomic E-state index is 0.0237. The molecule has 0 aliphatic heterocycles. The lowest BCUT2D eigenvalue weighted by Gasteiger charge is -2.37. The molecular weight excluding hydrogens is 324 g/mol. The van der Waals surface area contributed by atoms with Gasteiger partial charge in [0.2, 0.25) is 0 Å². The molecule has 0 radical (unpaired) electrons. The molecule has 2 aliphatic carbocycles. The number of hydrogen-bond acceptors (Lipinski definition) is 3. The van der Waals surface area contributed by atoms with Crippen LogP contribution in [0.4, 0.5) is 4.79 Å². The van der Waals surface area contributed by atoms with E-state index in [1.165, 1.54) is 64.2 Å². The molecular formula is C23H42O3. The van der Waals surface area contributed by atoms with Crippen molar-refractivity contribution in [2.45, 2.75) is 123 Å². The van der Waals surface area contributed by atoms with Gasteiger partial charge in [-0.15, -0.1) is 0 Å². The van der Waals surface area contributed by atoms with Crippen LogP contribution in [0.25, 0.3) is 0 Å². The largest absolute Gasteiger partial charge is 0.508 e. The van der Waals surface area contributed by atoms with E-state index in [-0.39, 0.29) is 12.2 Å². The average Bonchev–Trinajstić information content (AvgIpc) is 2.66. The first-order chi connectivity index (χ1) is 12.6. The van der Waals surface area contributed by atoms with Crippen LogP contribution in [0.5, 0.6) is 0 Å². The van der Waals surface area contributed by atoms with Crippen molar-refractivity contribution in [2.24, 2.45) is 17.8 Å². The SMILES string of the molecule is CCCCCC[C@H](C)OC(=O)OC1CCC(C2CCC(CC)CC2)CC1. The lowest BCUT2D eigenvalue weighted by molar-refractivity contribution is -0.0174. The molecule has 0 heterocycles. The molecule has 0 amide bonds. The van der Waals surface area contributed by atoms with Gasteiger partial charge in [0.05, 0.1) is 0 Å². The zero-order chi connectivity index (χ0) is 18.8. The molecule has 26 heavy (non-hydrogen) atoms. The van der Waals surface area contributed by atoms with E-state index in [1.54, 1.807) is 0 Å². The summed E-state index contributed by atoms with van der Waals surface area (Å²) >= 11 is 0. The third-order valence-electron chi connectivity index (χ3n) is 6.88. The van der Waals surface area contributed by atoms with Gasteiger partial charge < -0.3 is 9.47 Å². The van der Waals surface area contributed by atoms with E-state index in [4.69, 9.17) is 9.47 Å². The first-order valence-electron chi connectivity index (χ1n) is 11.5. The Balaban J connectivity index is 1.58. The first-order valence-corrected chi connectivity index (χ1v) is 11.5. The minimum Gasteiger partial charge on any atom is -0.431 e. The number of ether oxygens (including phenoxy) is 2. The summed E-state index contributed by atoms with van der Waals surface area (Å²) in [5.41, 5.74) is 0. The smallest absolute Gasteiger partial charge is 0.431 e. The third-order valence-corrected chi connectivity index (χ3v) is 6.88. The lowest BCUT2D eigenvalue weighted by atomic mass is 9.70. The monoisotopic (exact) mass is 366 g/mol. The molecule has 0 aromatic carbocycles. The van der Waals surface area contributed by atoms with Crippen LogP contribution in [0, 0.1) is 17.8 Å². The van der Waals surface area contributed by atoms with Gasteiger partial charge in [-0.25, -0.2) is 4.79 Å². The number of carbonyl (C=O) groups is 1. The molecule has 2 rings (SSSR count). The highest BCUT2D eigenvalue weighted by molar-refractivity contribution is 5.60. The Kier molecular flexibility index (Phi) is 9.85. The molecule has 0 N–H and O–H groups in total. The third kappa shape index (κ3) is 7.48. The lowest BCUT2D eigenvalue weighted by Crippen LogP contribution is -2.30. The quantitative estimate of drug-likeness (QED) is 0.318. The Labute approximate surface area is 161 Å². The van der Waals surface area contributed by atoms with E-state index in [2.05, 4.69) is 13.8 Å². The van der Waals surface area contributed by atoms with E-state index in [9.17, 15) is 4.79 Å². The Morgan fingerprint density at radius 3 is 2.08 bits per heavy atom. The van der Waals surface area contributed by atoms with Gasteiger partial charge in [0.1, 0.15) is 12.2 Å². The standard InChI is InChI=1S/C23H42O3/c1-4-6-7-8-9-18(3)25-23(24)26-22-16-14-21(15-17-22)20-12-10-19(5-2)11-13-20/h18-22H,4-17H2,1-3H3/t18-,19?,20?,21?,22?/m0/s1. The van der Waals surface area contributed by atoms with Crippen LogP contribution in [-0.2, 0) is 9.47 Å². The van der Waals surface area contributed by atoms with Crippen molar-refractivity contribution in [3.8, 4) is 0 Å². The fourth-order valence-electron chi connectivity index (χ4n) is 4.99. The molecule has 3 nitrogen and oxygen atoms in total. The molecule has 0 aromatic heterocycles. The highest BCUT2D eigenvalue weighted by Crippen LogP contribution is 2.41. The Morgan fingerprint density at radius 2 is 1.50 bits per heavy atom. The average molecular weight is 367 g/mol. The molecule has 1 atom stereocenters. The molecule has 2 saturated carbocycles. The van der Waals surface area contributed by atoms with Gasteiger partial charge >= 0.3 is 6.16 Å². The zero-order valence-electron chi connectivity index (χ0n) is 17.5. The summed E-state index contributed by atoms with van der Waals surface area (Å²) in [5, 5.41) is 0. The summed E-state index contributed by atoms with van der Waals surface area (Å²) in [6.07, 6.45) is 17.0. The van der Waals surface area contributed by atoms with Gasteiger partial charge in [-0.1, -0.05) is 52.4 Å². The fourth-order valence-corrected chi connectivity index (χ4v) is 4.99. The van der Waals surface area contributed by atoms with Crippen molar-refractivity contribution in [1.29, 1.82) is 0 Å². The molecule has 2 fully saturated rings. The Hall–Kier alpha value is -0.730. The van der Waals surface area contributed by atoms with Gasteiger partial charge in [-0.2, -0.15) is 0 Å². The van der Waals surface area contributed by atoms with Gasteiger partial charge in [0.15, 0.2) is 0 Å². The predicted octanol–water partition coefficient (Wildman–Crippen LogP) is 7.27. The minimum atomic E-state index is -0.445. The number of unbranched alkanes of at least 4 members (excludes halogenated alkanes) is 3. The summed E-state index contributed by atoms with van der Waals surface area (Å²) in [7, 11) is 0. The maximum atomic E-state index is 12.0. The van der Waals surface area contributed by atoms with Crippen molar-refractivity contribution in [2.75, 3.05) is 0 Å². The maximum absolute atomic E-state index is 12.0.